The summed E-state index contributed by atoms with van der Waals surface area (Å²) in [6, 6.07) is 5.22. The van der Waals surface area contributed by atoms with E-state index in [1.807, 2.05) is 0 Å². The van der Waals surface area contributed by atoms with Crippen molar-refractivity contribution in [2.75, 3.05) is 6.61 Å². The topological polar surface area (TPSA) is 67.0 Å². The van der Waals surface area contributed by atoms with E-state index >= 15 is 0 Å². The van der Waals surface area contributed by atoms with Gasteiger partial charge < -0.3 is 4.98 Å². The van der Waals surface area contributed by atoms with Crippen molar-refractivity contribution in [3.63, 3.8) is 0 Å². The first-order chi connectivity index (χ1) is 7.31. The van der Waals surface area contributed by atoms with Gasteiger partial charge in [-0.3, -0.25) is 9.63 Å². The van der Waals surface area contributed by atoms with Crippen LogP contribution >= 0.6 is 0 Å². The molecule has 15 heavy (non-hydrogen) atoms. The highest BCUT2D eigenvalue weighted by Gasteiger charge is 2.06. The number of imidazole rings is 1. The summed E-state index contributed by atoms with van der Waals surface area (Å²) in [6.07, 6.45) is 1.59. The average molecular weight is 205 g/mol. The number of amides is 1. The number of nitrogens with zero attached hydrogens (tertiary/aromatic N) is 1. The first-order valence-corrected chi connectivity index (χ1v) is 4.66. The quantitative estimate of drug-likeness (QED) is 0.741. The number of nitrogens with one attached hydrogen (secondary N) is 2. The van der Waals surface area contributed by atoms with E-state index in [1.165, 1.54) is 0 Å². The molecule has 5 nitrogen and oxygen atoms in total. The van der Waals surface area contributed by atoms with E-state index in [-0.39, 0.29) is 5.91 Å². The Balaban J connectivity index is 2.23. The van der Waals surface area contributed by atoms with Gasteiger partial charge in [0.2, 0.25) is 0 Å². The van der Waals surface area contributed by atoms with Crippen LogP contribution in [0, 0.1) is 0 Å². The Morgan fingerprint density at radius 3 is 3.27 bits per heavy atom. The van der Waals surface area contributed by atoms with E-state index in [0.717, 1.165) is 11.0 Å². The van der Waals surface area contributed by atoms with Gasteiger partial charge >= 0.3 is 0 Å². The van der Waals surface area contributed by atoms with Crippen molar-refractivity contribution in [1.29, 1.82) is 0 Å². The third kappa shape index (κ3) is 1.97. The number of hydrogen-bond donors (Lipinski definition) is 2. The smallest absolute Gasteiger partial charge is 0.274 e. The summed E-state index contributed by atoms with van der Waals surface area (Å²) in [5.41, 5.74) is 4.54. The largest absolute Gasteiger partial charge is 0.345 e. The molecule has 0 spiro atoms. The number of carbonyl (C=O) groups excluding carboxylic acids is 1. The number of aromatic amines is 1. The molecule has 0 aliphatic heterocycles. The van der Waals surface area contributed by atoms with Crippen LogP contribution in [0.15, 0.2) is 24.5 Å². The minimum atomic E-state index is -0.256. The summed E-state index contributed by atoms with van der Waals surface area (Å²) < 4.78 is 0. The number of benzene rings is 1. The van der Waals surface area contributed by atoms with Crippen LogP contribution in [0.3, 0.4) is 0 Å². The number of aromatic nitrogens is 2. The molecule has 5 heteroatoms. The van der Waals surface area contributed by atoms with Crippen LogP contribution in [0.25, 0.3) is 11.0 Å². The van der Waals surface area contributed by atoms with Gasteiger partial charge in [0.1, 0.15) is 0 Å². The lowest BCUT2D eigenvalue weighted by Gasteiger charge is -2.03. The first-order valence-electron chi connectivity index (χ1n) is 4.66. The molecule has 2 rings (SSSR count). The van der Waals surface area contributed by atoms with Crippen LogP contribution in [0.2, 0.25) is 0 Å². The van der Waals surface area contributed by atoms with Crippen LogP contribution in [0.5, 0.6) is 0 Å². The monoisotopic (exact) mass is 205 g/mol. The number of rotatable bonds is 3. The molecular formula is C10H11N3O2. The summed E-state index contributed by atoms with van der Waals surface area (Å²) in [6.45, 7) is 2.25. The van der Waals surface area contributed by atoms with Crippen LogP contribution in [0.4, 0.5) is 0 Å². The van der Waals surface area contributed by atoms with E-state index in [4.69, 9.17) is 4.84 Å². The highest BCUT2D eigenvalue weighted by molar-refractivity contribution is 5.96. The number of carbonyl (C=O) groups is 1. The molecule has 1 aromatic carbocycles. The maximum atomic E-state index is 11.5. The minimum Gasteiger partial charge on any atom is -0.345 e. The van der Waals surface area contributed by atoms with Gasteiger partial charge in [0.05, 0.1) is 24.0 Å². The number of hydrogen-bond acceptors (Lipinski definition) is 3. The van der Waals surface area contributed by atoms with Crippen LogP contribution in [-0.4, -0.2) is 22.5 Å². The fourth-order valence-electron chi connectivity index (χ4n) is 1.27. The number of fused-ring (bicyclic) bond motifs is 1. The Morgan fingerprint density at radius 2 is 2.47 bits per heavy atom. The van der Waals surface area contributed by atoms with Gasteiger partial charge in [0, 0.05) is 5.56 Å². The lowest BCUT2D eigenvalue weighted by molar-refractivity contribution is 0.0364. The zero-order valence-electron chi connectivity index (χ0n) is 8.28. The van der Waals surface area contributed by atoms with Crippen LogP contribution < -0.4 is 5.48 Å². The fraction of sp³-hybridized carbons (Fsp3) is 0.200. The first kappa shape index (κ1) is 9.67. The molecule has 0 saturated carbocycles. The molecule has 0 aliphatic rings. The third-order valence-electron chi connectivity index (χ3n) is 1.99. The van der Waals surface area contributed by atoms with Gasteiger partial charge in [-0.1, -0.05) is 0 Å². The SMILES string of the molecule is CCONC(=O)c1ccc2nc[nH]c2c1. The van der Waals surface area contributed by atoms with Crippen molar-refractivity contribution in [2.24, 2.45) is 0 Å². The molecule has 0 bridgehead atoms. The Morgan fingerprint density at radius 1 is 1.60 bits per heavy atom. The number of hydroxylamine groups is 1. The summed E-state index contributed by atoms with van der Waals surface area (Å²) in [4.78, 5) is 23.3. The summed E-state index contributed by atoms with van der Waals surface area (Å²) in [5, 5.41) is 0. The normalized spacial score (nSPS) is 10.5. The maximum Gasteiger partial charge on any atom is 0.274 e. The lowest BCUT2D eigenvalue weighted by Crippen LogP contribution is -2.23. The Hall–Kier alpha value is -1.88. The van der Waals surface area contributed by atoms with Crippen molar-refractivity contribution in [3.8, 4) is 0 Å². The average Bonchev–Trinajstić information content (AvgIpc) is 2.72. The van der Waals surface area contributed by atoms with Gasteiger partial charge in [-0.15, -0.1) is 0 Å². The summed E-state index contributed by atoms with van der Waals surface area (Å²) >= 11 is 0. The second kappa shape index (κ2) is 4.10. The summed E-state index contributed by atoms with van der Waals surface area (Å²) in [7, 11) is 0. The van der Waals surface area contributed by atoms with E-state index in [9.17, 15) is 4.79 Å². The highest BCUT2D eigenvalue weighted by atomic mass is 16.6. The molecule has 1 heterocycles. The molecule has 2 N–H and O–H groups in total. The second-order valence-corrected chi connectivity index (χ2v) is 3.00. The molecular weight excluding hydrogens is 194 g/mol. The molecule has 0 fully saturated rings. The third-order valence-corrected chi connectivity index (χ3v) is 1.99. The zero-order chi connectivity index (χ0) is 10.7. The molecule has 0 unspecified atom stereocenters. The van der Waals surface area contributed by atoms with Gasteiger partial charge in [0.25, 0.3) is 5.91 Å². The molecule has 0 radical (unpaired) electrons. The van der Waals surface area contributed by atoms with E-state index in [0.29, 0.717) is 12.2 Å². The second-order valence-electron chi connectivity index (χ2n) is 3.00. The van der Waals surface area contributed by atoms with Gasteiger partial charge in [-0.05, 0) is 25.1 Å². The molecule has 2 aromatic rings. The van der Waals surface area contributed by atoms with Crippen molar-refractivity contribution < 1.29 is 9.63 Å². The Bertz CT molecular complexity index is 478. The molecule has 1 aromatic heterocycles. The van der Waals surface area contributed by atoms with Gasteiger partial charge in [0.15, 0.2) is 0 Å². The van der Waals surface area contributed by atoms with Crippen LogP contribution in [0.1, 0.15) is 17.3 Å². The Labute approximate surface area is 86.4 Å². The maximum absolute atomic E-state index is 11.5. The van der Waals surface area contributed by atoms with Crippen molar-refractivity contribution >= 4 is 16.9 Å². The Kier molecular flexibility index (Phi) is 2.64. The van der Waals surface area contributed by atoms with Gasteiger partial charge in [-0.25, -0.2) is 10.5 Å². The fourth-order valence-corrected chi connectivity index (χ4v) is 1.27. The molecule has 0 saturated heterocycles. The summed E-state index contributed by atoms with van der Waals surface area (Å²) in [5.74, 6) is -0.256. The predicted molar refractivity (Wildman–Crippen MR) is 55.2 cm³/mol. The molecule has 0 atom stereocenters. The number of H-pyrrole nitrogens is 1. The lowest BCUT2D eigenvalue weighted by atomic mass is 10.2. The standard InChI is InChI=1S/C10H11N3O2/c1-2-15-13-10(14)7-3-4-8-9(5-7)12-6-11-8/h3-6H,2H2,1H3,(H,11,12)(H,13,14). The zero-order valence-corrected chi connectivity index (χ0v) is 8.28. The van der Waals surface area contributed by atoms with E-state index in [1.54, 1.807) is 31.5 Å². The van der Waals surface area contributed by atoms with E-state index in [2.05, 4.69) is 15.4 Å². The molecule has 1 amide bonds. The molecule has 0 aliphatic carbocycles. The van der Waals surface area contributed by atoms with Crippen molar-refractivity contribution in [2.45, 2.75) is 6.92 Å². The molecule has 78 valence electrons. The van der Waals surface area contributed by atoms with Crippen molar-refractivity contribution in [3.05, 3.63) is 30.1 Å². The minimum absolute atomic E-state index is 0.256. The highest BCUT2D eigenvalue weighted by Crippen LogP contribution is 2.11. The predicted octanol–water partition coefficient (Wildman–Crippen LogP) is 1.24. The van der Waals surface area contributed by atoms with E-state index < -0.39 is 0 Å². The van der Waals surface area contributed by atoms with Gasteiger partial charge in [-0.2, -0.15) is 0 Å². The van der Waals surface area contributed by atoms with Crippen molar-refractivity contribution in [1.82, 2.24) is 15.4 Å². The van der Waals surface area contributed by atoms with Crippen LogP contribution in [-0.2, 0) is 4.84 Å².